The van der Waals surface area contributed by atoms with Gasteiger partial charge in [-0.15, -0.1) is 0 Å². The van der Waals surface area contributed by atoms with E-state index in [4.69, 9.17) is 17.3 Å². The van der Waals surface area contributed by atoms with Gasteiger partial charge in [0.05, 0.1) is 0 Å². The van der Waals surface area contributed by atoms with Gasteiger partial charge in [0.15, 0.2) is 0 Å². The topological polar surface area (TPSA) is 55.1 Å². The predicted molar refractivity (Wildman–Crippen MR) is 87.4 cm³/mol. The molecule has 1 atom stereocenters. The van der Waals surface area contributed by atoms with E-state index in [1.54, 1.807) is 19.1 Å². The van der Waals surface area contributed by atoms with E-state index in [0.29, 0.717) is 5.02 Å². The van der Waals surface area contributed by atoms with Crippen molar-refractivity contribution in [3.63, 3.8) is 0 Å². The molecule has 110 valence electrons. The van der Waals surface area contributed by atoms with Gasteiger partial charge in [0.25, 0.3) is 0 Å². The van der Waals surface area contributed by atoms with Crippen molar-refractivity contribution in [2.45, 2.75) is 25.8 Å². The van der Waals surface area contributed by atoms with E-state index in [0.717, 1.165) is 17.7 Å². The lowest BCUT2D eigenvalue weighted by atomic mass is 9.90. The van der Waals surface area contributed by atoms with Crippen LogP contribution in [0.15, 0.2) is 48.5 Å². The first-order chi connectivity index (χ1) is 9.95. The zero-order valence-electron chi connectivity index (χ0n) is 12.2. The zero-order valence-corrected chi connectivity index (χ0v) is 12.9. The average molecular weight is 303 g/mol. The van der Waals surface area contributed by atoms with Crippen molar-refractivity contribution in [1.29, 1.82) is 0 Å². The molecule has 4 heteroatoms. The number of carbonyl (C=O) groups is 1. The Balaban J connectivity index is 2.34. The Morgan fingerprint density at radius 3 is 2.19 bits per heavy atom. The Morgan fingerprint density at radius 1 is 1.14 bits per heavy atom. The minimum Gasteiger partial charge on any atom is -0.368 e. The Morgan fingerprint density at radius 2 is 1.71 bits per heavy atom. The van der Waals surface area contributed by atoms with Crippen LogP contribution < -0.4 is 11.1 Å². The van der Waals surface area contributed by atoms with Crippen LogP contribution >= 0.6 is 11.6 Å². The van der Waals surface area contributed by atoms with Crippen molar-refractivity contribution in [2.24, 2.45) is 5.73 Å². The summed E-state index contributed by atoms with van der Waals surface area (Å²) in [5.74, 6) is -0.429. The summed E-state index contributed by atoms with van der Waals surface area (Å²) in [4.78, 5) is 12.0. The van der Waals surface area contributed by atoms with E-state index in [-0.39, 0.29) is 0 Å². The zero-order chi connectivity index (χ0) is 15.5. The molecule has 0 aliphatic heterocycles. The van der Waals surface area contributed by atoms with E-state index in [2.05, 4.69) is 12.2 Å². The van der Waals surface area contributed by atoms with E-state index in [9.17, 15) is 4.79 Å². The summed E-state index contributed by atoms with van der Waals surface area (Å²) in [7, 11) is 0. The SMILES string of the molecule is CCc1ccc(C(C)(Nc2ccc(Cl)cc2)C(N)=O)cc1. The lowest BCUT2D eigenvalue weighted by molar-refractivity contribution is -0.122. The fourth-order valence-corrected chi connectivity index (χ4v) is 2.30. The first-order valence-corrected chi connectivity index (χ1v) is 7.26. The quantitative estimate of drug-likeness (QED) is 0.884. The van der Waals surface area contributed by atoms with Crippen molar-refractivity contribution in [3.05, 3.63) is 64.7 Å². The standard InChI is InChI=1S/C17H19ClN2O/c1-3-12-4-6-13(7-5-12)17(2,16(19)21)20-15-10-8-14(18)9-11-15/h4-11,20H,3H2,1-2H3,(H2,19,21). The molecule has 0 saturated heterocycles. The molecule has 2 rings (SSSR count). The Kier molecular flexibility index (Phi) is 4.53. The maximum atomic E-state index is 12.0. The number of aryl methyl sites for hydroxylation is 1. The molecule has 0 saturated carbocycles. The summed E-state index contributed by atoms with van der Waals surface area (Å²) in [6.45, 7) is 3.87. The van der Waals surface area contributed by atoms with Crippen LogP contribution in [0.3, 0.4) is 0 Å². The molecule has 3 nitrogen and oxygen atoms in total. The molecule has 2 aromatic rings. The number of nitrogens with one attached hydrogen (secondary N) is 1. The Bertz CT molecular complexity index is 622. The van der Waals surface area contributed by atoms with Crippen LogP contribution in [0, 0.1) is 0 Å². The second kappa shape index (κ2) is 6.19. The number of hydrogen-bond acceptors (Lipinski definition) is 2. The third-order valence-electron chi connectivity index (χ3n) is 3.67. The highest BCUT2D eigenvalue weighted by Gasteiger charge is 2.33. The van der Waals surface area contributed by atoms with Gasteiger partial charge < -0.3 is 11.1 Å². The summed E-state index contributed by atoms with van der Waals surface area (Å²) in [6.07, 6.45) is 0.957. The highest BCUT2D eigenvalue weighted by Crippen LogP contribution is 2.27. The molecule has 0 spiro atoms. The van der Waals surface area contributed by atoms with E-state index in [1.807, 2.05) is 36.4 Å². The molecule has 0 aliphatic rings. The van der Waals surface area contributed by atoms with Crippen LogP contribution in [-0.4, -0.2) is 5.91 Å². The van der Waals surface area contributed by atoms with Crippen LogP contribution in [0.25, 0.3) is 0 Å². The lowest BCUT2D eigenvalue weighted by Crippen LogP contribution is -2.45. The first kappa shape index (κ1) is 15.4. The van der Waals surface area contributed by atoms with Crippen molar-refractivity contribution in [3.8, 4) is 0 Å². The van der Waals surface area contributed by atoms with Gasteiger partial charge in [-0.2, -0.15) is 0 Å². The van der Waals surface area contributed by atoms with Crippen LogP contribution in [-0.2, 0) is 16.8 Å². The average Bonchev–Trinajstić information content (AvgIpc) is 2.49. The van der Waals surface area contributed by atoms with Crippen molar-refractivity contribution < 1.29 is 4.79 Å². The number of rotatable bonds is 5. The van der Waals surface area contributed by atoms with Gasteiger partial charge in [-0.05, 0) is 48.7 Å². The maximum absolute atomic E-state index is 12.0. The second-order valence-corrected chi connectivity index (χ2v) is 5.61. The fraction of sp³-hybridized carbons (Fsp3) is 0.235. The molecule has 0 aromatic heterocycles. The lowest BCUT2D eigenvalue weighted by Gasteiger charge is -2.29. The van der Waals surface area contributed by atoms with Crippen molar-refractivity contribution in [1.82, 2.24) is 0 Å². The molecule has 2 aromatic carbocycles. The molecule has 0 radical (unpaired) electrons. The third kappa shape index (κ3) is 3.37. The molecule has 21 heavy (non-hydrogen) atoms. The monoisotopic (exact) mass is 302 g/mol. The van der Waals surface area contributed by atoms with Crippen LogP contribution in [0.5, 0.6) is 0 Å². The summed E-state index contributed by atoms with van der Waals surface area (Å²) >= 11 is 5.88. The molecular formula is C17H19ClN2O. The summed E-state index contributed by atoms with van der Waals surface area (Å²) in [5, 5.41) is 3.85. The number of halogens is 1. The second-order valence-electron chi connectivity index (χ2n) is 5.17. The first-order valence-electron chi connectivity index (χ1n) is 6.89. The Hall–Kier alpha value is -2.00. The molecule has 0 heterocycles. The Labute approximate surface area is 130 Å². The van der Waals surface area contributed by atoms with Gasteiger partial charge in [-0.25, -0.2) is 0 Å². The number of carbonyl (C=O) groups excluding carboxylic acids is 1. The fourth-order valence-electron chi connectivity index (χ4n) is 2.17. The van der Waals surface area contributed by atoms with Crippen molar-refractivity contribution >= 4 is 23.2 Å². The van der Waals surface area contributed by atoms with Gasteiger partial charge in [0.1, 0.15) is 5.54 Å². The summed E-state index contributed by atoms with van der Waals surface area (Å²) in [6, 6.07) is 15.1. The smallest absolute Gasteiger partial charge is 0.247 e. The highest BCUT2D eigenvalue weighted by molar-refractivity contribution is 6.30. The van der Waals surface area contributed by atoms with Gasteiger partial charge in [-0.3, -0.25) is 4.79 Å². The summed E-state index contributed by atoms with van der Waals surface area (Å²) < 4.78 is 0. The van der Waals surface area contributed by atoms with Gasteiger partial charge in [0.2, 0.25) is 5.91 Å². The maximum Gasteiger partial charge on any atom is 0.247 e. The van der Waals surface area contributed by atoms with E-state index >= 15 is 0 Å². The highest BCUT2D eigenvalue weighted by atomic mass is 35.5. The van der Waals surface area contributed by atoms with Gasteiger partial charge in [0, 0.05) is 10.7 Å². The van der Waals surface area contributed by atoms with E-state index < -0.39 is 11.4 Å². The van der Waals surface area contributed by atoms with Gasteiger partial charge >= 0.3 is 0 Å². The number of anilines is 1. The molecule has 1 amide bonds. The molecule has 0 bridgehead atoms. The minimum absolute atomic E-state index is 0.429. The molecule has 0 aliphatic carbocycles. The summed E-state index contributed by atoms with van der Waals surface area (Å²) in [5.41, 5.74) is 7.50. The number of hydrogen-bond donors (Lipinski definition) is 2. The van der Waals surface area contributed by atoms with Crippen molar-refractivity contribution in [2.75, 3.05) is 5.32 Å². The number of amides is 1. The largest absolute Gasteiger partial charge is 0.368 e. The predicted octanol–water partition coefficient (Wildman–Crippen LogP) is 3.72. The van der Waals surface area contributed by atoms with Crippen LogP contribution in [0.4, 0.5) is 5.69 Å². The van der Waals surface area contributed by atoms with E-state index in [1.165, 1.54) is 5.56 Å². The van der Waals surface area contributed by atoms with Crippen LogP contribution in [0.1, 0.15) is 25.0 Å². The number of primary amides is 1. The number of benzene rings is 2. The molecule has 1 unspecified atom stereocenters. The minimum atomic E-state index is -0.972. The number of nitrogens with two attached hydrogens (primary N) is 1. The molecule has 0 fully saturated rings. The normalized spacial score (nSPS) is 13.5. The third-order valence-corrected chi connectivity index (χ3v) is 3.92. The van der Waals surface area contributed by atoms with Crippen LogP contribution in [0.2, 0.25) is 5.02 Å². The molecule has 3 N–H and O–H groups in total. The van der Waals surface area contributed by atoms with Gasteiger partial charge in [-0.1, -0.05) is 42.8 Å². The molecular weight excluding hydrogens is 284 g/mol.